The van der Waals surface area contributed by atoms with Crippen LogP contribution in [-0.4, -0.2) is 12.0 Å². The first-order valence-electron chi connectivity index (χ1n) is 7.50. The molecule has 0 heterocycles. The number of benzene rings is 2. The van der Waals surface area contributed by atoms with Crippen LogP contribution < -0.4 is 10.1 Å². The summed E-state index contributed by atoms with van der Waals surface area (Å²) in [5.41, 5.74) is 1.92. The van der Waals surface area contributed by atoms with Crippen LogP contribution in [0.4, 0.5) is 0 Å². The largest absolute Gasteiger partial charge is 0.491 e. The minimum absolute atomic E-state index is 0.122. The average molecular weight is 330 g/mol. The molecule has 4 heteroatoms. The monoisotopic (exact) mass is 329 g/mol. The second-order valence-electron chi connectivity index (χ2n) is 5.42. The topological polar surface area (TPSA) is 38.3 Å². The van der Waals surface area contributed by atoms with Crippen molar-refractivity contribution in [3.05, 3.63) is 70.8 Å². The number of halogens is 1. The zero-order valence-electron chi connectivity index (χ0n) is 13.3. The summed E-state index contributed by atoms with van der Waals surface area (Å²) in [5.74, 6) is 0.652. The molecular formula is C19H20ClNO2. The summed E-state index contributed by atoms with van der Waals surface area (Å²) in [4.78, 5) is 11.9. The molecule has 2 aromatic carbocycles. The Morgan fingerprint density at radius 3 is 2.65 bits per heavy atom. The van der Waals surface area contributed by atoms with Crippen molar-refractivity contribution < 1.29 is 9.53 Å². The summed E-state index contributed by atoms with van der Waals surface area (Å²) < 4.78 is 5.63. The SMILES string of the molecule is CC(C)Oc1cccc(/C=C/C(=O)NCc2ccc(Cl)cc2)c1. The summed E-state index contributed by atoms with van der Waals surface area (Å²) in [6.45, 7) is 4.43. The van der Waals surface area contributed by atoms with E-state index in [1.807, 2.05) is 50.2 Å². The van der Waals surface area contributed by atoms with Gasteiger partial charge >= 0.3 is 0 Å². The number of amides is 1. The first kappa shape index (κ1) is 17.1. The Morgan fingerprint density at radius 2 is 1.96 bits per heavy atom. The number of rotatable bonds is 6. The maximum Gasteiger partial charge on any atom is 0.244 e. The first-order valence-corrected chi connectivity index (χ1v) is 7.88. The number of hydrogen-bond donors (Lipinski definition) is 1. The molecule has 0 aliphatic carbocycles. The lowest BCUT2D eigenvalue weighted by atomic mass is 10.2. The van der Waals surface area contributed by atoms with Gasteiger partial charge in [0.2, 0.25) is 5.91 Å². The highest BCUT2D eigenvalue weighted by Gasteiger charge is 1.99. The van der Waals surface area contributed by atoms with E-state index in [9.17, 15) is 4.79 Å². The normalized spacial score (nSPS) is 11.0. The van der Waals surface area contributed by atoms with E-state index >= 15 is 0 Å². The molecular weight excluding hydrogens is 310 g/mol. The fraction of sp³-hybridized carbons (Fsp3) is 0.211. The second kappa shape index (κ2) is 8.39. The van der Waals surface area contributed by atoms with E-state index in [1.165, 1.54) is 6.08 Å². The van der Waals surface area contributed by atoms with Crippen molar-refractivity contribution in [3.8, 4) is 5.75 Å². The third-order valence-electron chi connectivity index (χ3n) is 3.04. The molecule has 0 radical (unpaired) electrons. The van der Waals surface area contributed by atoms with Gasteiger partial charge in [0.05, 0.1) is 6.10 Å². The van der Waals surface area contributed by atoms with Gasteiger partial charge in [0, 0.05) is 17.6 Å². The number of carbonyl (C=O) groups excluding carboxylic acids is 1. The minimum atomic E-state index is -0.143. The highest BCUT2D eigenvalue weighted by atomic mass is 35.5. The number of hydrogen-bond acceptors (Lipinski definition) is 2. The first-order chi connectivity index (χ1) is 11.0. The van der Waals surface area contributed by atoms with Crippen LogP contribution in [-0.2, 0) is 11.3 Å². The molecule has 0 unspecified atom stereocenters. The Hall–Kier alpha value is -2.26. The van der Waals surface area contributed by atoms with Crippen molar-refractivity contribution >= 4 is 23.6 Å². The standard InChI is InChI=1S/C19H20ClNO2/c1-14(2)23-18-5-3-4-15(12-18)8-11-19(22)21-13-16-6-9-17(20)10-7-16/h3-12,14H,13H2,1-2H3,(H,21,22)/b11-8+. The van der Waals surface area contributed by atoms with Crippen molar-refractivity contribution in [2.24, 2.45) is 0 Å². The average Bonchev–Trinajstić information content (AvgIpc) is 2.52. The quantitative estimate of drug-likeness (QED) is 0.795. The lowest BCUT2D eigenvalue weighted by Crippen LogP contribution is -2.20. The summed E-state index contributed by atoms with van der Waals surface area (Å²) in [5, 5.41) is 3.52. The Morgan fingerprint density at radius 1 is 1.22 bits per heavy atom. The van der Waals surface area contributed by atoms with E-state index < -0.39 is 0 Å². The van der Waals surface area contributed by atoms with Crippen molar-refractivity contribution in [3.63, 3.8) is 0 Å². The molecule has 2 rings (SSSR count). The molecule has 0 aliphatic heterocycles. The molecule has 0 aliphatic rings. The van der Waals surface area contributed by atoms with Crippen molar-refractivity contribution in [1.82, 2.24) is 5.32 Å². The van der Waals surface area contributed by atoms with E-state index in [2.05, 4.69) is 5.32 Å². The van der Waals surface area contributed by atoms with E-state index in [-0.39, 0.29) is 12.0 Å². The van der Waals surface area contributed by atoms with E-state index in [0.717, 1.165) is 16.9 Å². The lowest BCUT2D eigenvalue weighted by molar-refractivity contribution is -0.116. The van der Waals surface area contributed by atoms with E-state index in [1.54, 1.807) is 18.2 Å². The molecule has 0 fully saturated rings. The Labute approximate surface area is 141 Å². The van der Waals surface area contributed by atoms with Crippen molar-refractivity contribution in [2.75, 3.05) is 0 Å². The number of nitrogens with one attached hydrogen (secondary N) is 1. The van der Waals surface area contributed by atoms with Gasteiger partial charge in [-0.3, -0.25) is 4.79 Å². The van der Waals surface area contributed by atoms with Crippen LogP contribution in [0.3, 0.4) is 0 Å². The van der Waals surface area contributed by atoms with Gasteiger partial charge in [-0.15, -0.1) is 0 Å². The molecule has 0 spiro atoms. The third-order valence-corrected chi connectivity index (χ3v) is 3.29. The van der Waals surface area contributed by atoms with Crippen LogP contribution in [0, 0.1) is 0 Å². The Balaban J connectivity index is 1.89. The zero-order valence-corrected chi connectivity index (χ0v) is 14.0. The van der Waals surface area contributed by atoms with Crippen LogP contribution in [0.5, 0.6) is 5.75 Å². The molecule has 0 aromatic heterocycles. The van der Waals surface area contributed by atoms with Crippen LogP contribution in [0.1, 0.15) is 25.0 Å². The number of ether oxygens (including phenoxy) is 1. The fourth-order valence-corrected chi connectivity index (χ4v) is 2.11. The van der Waals surface area contributed by atoms with Gasteiger partial charge in [-0.05, 0) is 55.3 Å². The maximum atomic E-state index is 11.9. The predicted molar refractivity (Wildman–Crippen MR) is 94.5 cm³/mol. The van der Waals surface area contributed by atoms with Gasteiger partial charge in [-0.1, -0.05) is 35.9 Å². The molecule has 0 saturated carbocycles. The lowest BCUT2D eigenvalue weighted by Gasteiger charge is -2.09. The van der Waals surface area contributed by atoms with Crippen LogP contribution in [0.2, 0.25) is 5.02 Å². The Kier molecular flexibility index (Phi) is 6.24. The molecule has 3 nitrogen and oxygen atoms in total. The maximum absolute atomic E-state index is 11.9. The summed E-state index contributed by atoms with van der Waals surface area (Å²) >= 11 is 5.83. The summed E-state index contributed by atoms with van der Waals surface area (Å²) in [6, 6.07) is 15.0. The van der Waals surface area contributed by atoms with Gasteiger partial charge in [0.1, 0.15) is 5.75 Å². The van der Waals surface area contributed by atoms with Gasteiger partial charge in [-0.2, -0.15) is 0 Å². The summed E-state index contributed by atoms with van der Waals surface area (Å²) in [6.07, 6.45) is 3.41. The van der Waals surface area contributed by atoms with Gasteiger partial charge in [0.15, 0.2) is 0 Å². The van der Waals surface area contributed by atoms with Crippen LogP contribution >= 0.6 is 11.6 Å². The second-order valence-corrected chi connectivity index (χ2v) is 5.85. The fourth-order valence-electron chi connectivity index (χ4n) is 1.99. The van der Waals surface area contributed by atoms with Gasteiger partial charge in [-0.25, -0.2) is 0 Å². The molecule has 1 N–H and O–H groups in total. The summed E-state index contributed by atoms with van der Waals surface area (Å²) in [7, 11) is 0. The van der Waals surface area contributed by atoms with Crippen LogP contribution in [0.25, 0.3) is 6.08 Å². The highest BCUT2D eigenvalue weighted by molar-refractivity contribution is 6.30. The van der Waals surface area contributed by atoms with Crippen molar-refractivity contribution in [1.29, 1.82) is 0 Å². The molecule has 0 bridgehead atoms. The molecule has 23 heavy (non-hydrogen) atoms. The molecule has 0 atom stereocenters. The predicted octanol–water partition coefficient (Wildman–Crippen LogP) is 4.46. The molecule has 0 saturated heterocycles. The zero-order chi connectivity index (χ0) is 16.7. The highest BCUT2D eigenvalue weighted by Crippen LogP contribution is 2.16. The van der Waals surface area contributed by atoms with Gasteiger partial charge in [0.25, 0.3) is 0 Å². The van der Waals surface area contributed by atoms with E-state index in [0.29, 0.717) is 11.6 Å². The third kappa shape index (κ3) is 6.17. The van der Waals surface area contributed by atoms with Crippen molar-refractivity contribution in [2.45, 2.75) is 26.5 Å². The van der Waals surface area contributed by atoms with Crippen LogP contribution in [0.15, 0.2) is 54.6 Å². The van der Waals surface area contributed by atoms with Gasteiger partial charge < -0.3 is 10.1 Å². The minimum Gasteiger partial charge on any atom is -0.491 e. The molecule has 1 amide bonds. The van der Waals surface area contributed by atoms with E-state index in [4.69, 9.17) is 16.3 Å². The number of carbonyl (C=O) groups is 1. The Bertz CT molecular complexity index is 678. The molecule has 2 aromatic rings. The molecule has 120 valence electrons. The smallest absolute Gasteiger partial charge is 0.244 e.